The number of aromatic hydroxyl groups is 2. The van der Waals surface area contributed by atoms with Crippen molar-refractivity contribution in [3.8, 4) is 11.5 Å². The molecule has 3 aliphatic heterocycles. The number of anilines is 2. The van der Waals surface area contributed by atoms with Crippen molar-refractivity contribution in [2.45, 2.75) is 50.3 Å². The Morgan fingerprint density at radius 2 is 2.02 bits per heavy atom. The van der Waals surface area contributed by atoms with Gasteiger partial charge in [-0.15, -0.1) is 22.0 Å². The third-order valence-corrected chi connectivity index (χ3v) is 11.8. The first-order valence-electron chi connectivity index (χ1n) is 16.3. The summed E-state index contributed by atoms with van der Waals surface area (Å²) in [5, 5.41) is 49.6. The van der Waals surface area contributed by atoms with E-state index in [0.717, 1.165) is 22.6 Å². The van der Waals surface area contributed by atoms with E-state index in [0.29, 0.717) is 36.5 Å². The number of phenols is 2. The van der Waals surface area contributed by atoms with E-state index in [4.69, 9.17) is 33.8 Å². The topological polar surface area (TPSA) is 266 Å². The van der Waals surface area contributed by atoms with Crippen molar-refractivity contribution in [2.24, 2.45) is 5.16 Å². The van der Waals surface area contributed by atoms with Crippen molar-refractivity contribution in [1.29, 1.82) is 0 Å². The predicted octanol–water partition coefficient (Wildman–Crippen LogP) is 1.93. The number of nitrogens with zero attached hydrogens (tertiary/aromatic N) is 8. The number of aromatic nitrogens is 6. The van der Waals surface area contributed by atoms with E-state index < -0.39 is 57.9 Å². The summed E-state index contributed by atoms with van der Waals surface area (Å²) in [6, 6.07) is 5.09. The number of halogens is 2. The molecule has 0 spiro atoms. The number of carbonyl (C=O) groups excluding carboxylic acids is 3. The van der Waals surface area contributed by atoms with Gasteiger partial charge in [0.1, 0.15) is 27.1 Å². The average Bonchev–Trinajstić information content (AvgIpc) is 3.81. The molecule has 0 bridgehead atoms. The summed E-state index contributed by atoms with van der Waals surface area (Å²) in [7, 11) is 0. The lowest BCUT2D eigenvalue weighted by Crippen LogP contribution is -2.70. The molecule has 6 heterocycles. The van der Waals surface area contributed by atoms with Crippen molar-refractivity contribution in [3.63, 3.8) is 0 Å². The summed E-state index contributed by atoms with van der Waals surface area (Å²) >= 11 is 14.8. The number of thiazole rings is 1. The number of amides is 3. The minimum absolute atomic E-state index is 0.000221. The van der Waals surface area contributed by atoms with E-state index in [-0.39, 0.29) is 38.1 Å². The molecule has 19 nitrogen and oxygen atoms in total. The van der Waals surface area contributed by atoms with Gasteiger partial charge in [0, 0.05) is 30.4 Å². The fraction of sp³-hybridized carbons (Fsp3) is 0.312. The smallest absolute Gasteiger partial charge is 0.350 e. The molecule has 3 amide bonds. The molecule has 3 aliphatic rings. The molecule has 1 aromatic carbocycles. The number of benzene rings is 1. The van der Waals surface area contributed by atoms with Crippen LogP contribution >= 0.6 is 46.3 Å². The lowest BCUT2D eigenvalue weighted by Gasteiger charge is -2.49. The second-order valence-corrected chi connectivity index (χ2v) is 16.0. The van der Waals surface area contributed by atoms with Crippen LogP contribution in [0.25, 0.3) is 5.70 Å². The Balaban J connectivity index is 1.17. The molecule has 3 aromatic heterocycles. The van der Waals surface area contributed by atoms with Crippen LogP contribution in [0.1, 0.15) is 47.8 Å². The van der Waals surface area contributed by atoms with Crippen LogP contribution in [-0.2, 0) is 32.2 Å². The Bertz CT molecular complexity index is 2320. The van der Waals surface area contributed by atoms with Crippen LogP contribution in [0.15, 0.2) is 41.2 Å². The summed E-state index contributed by atoms with van der Waals surface area (Å²) < 4.78 is 1.97. The van der Waals surface area contributed by atoms with Gasteiger partial charge in [0.2, 0.25) is 17.1 Å². The Morgan fingerprint density at radius 1 is 1.24 bits per heavy atom. The number of β-lactam (4-membered cyclic amide) rings is 1. The van der Waals surface area contributed by atoms with Gasteiger partial charge in [0.25, 0.3) is 17.7 Å². The molecule has 286 valence electrons. The zero-order chi connectivity index (χ0) is 39.3. The Morgan fingerprint density at radius 3 is 2.71 bits per heavy atom. The van der Waals surface area contributed by atoms with Gasteiger partial charge in [-0.05, 0) is 43.7 Å². The van der Waals surface area contributed by atoms with Gasteiger partial charge in [-0.3, -0.25) is 19.3 Å². The SMILES string of the molecule is CC(C)(O/N=C(\C(=O)N[C@@H]1C(=O)N2C(c3nn[nH]n3)=C(C[n+]3cccc4c3CCCN4C(=O)c3ccc(O)c(O)c3Cl)CS[C@H]12)c1nc(N)sc1Cl)C(=O)O. The fourth-order valence-electron chi connectivity index (χ4n) is 6.19. The summed E-state index contributed by atoms with van der Waals surface area (Å²) in [6.45, 7) is 3.13. The standard InChI is InChI=1S/C32H29Cl2N11O8S2/c1-32(2,30(51)52)53-40-20(19-24(34)55-31(35)37-19)26(48)36-21-28(50)45-22(25-38-41-42-39-25)13(12-54-29(21)45)11-43-9-3-6-16-15(43)5-4-10-44(16)27(49)14-7-8-17(46)23(47)18(14)33/h3,6-9,21,29H,4-5,10-12H2,1-2H3,(H6-,35,36,37,38,39,40,41,42,46,47,48,49,51,52)/p+1/t21-,29-/m1/s1. The van der Waals surface area contributed by atoms with Crippen LogP contribution in [0.5, 0.6) is 11.5 Å². The van der Waals surface area contributed by atoms with E-state index in [2.05, 4.69) is 36.1 Å². The Labute approximate surface area is 328 Å². The predicted molar refractivity (Wildman–Crippen MR) is 198 cm³/mol. The number of H-pyrrole nitrogens is 1. The molecule has 7 N–H and O–H groups in total. The monoisotopic (exact) mass is 830 g/mol. The number of nitrogens with two attached hydrogens (primary N) is 1. The Kier molecular flexibility index (Phi) is 10.0. The van der Waals surface area contributed by atoms with E-state index in [1.165, 1.54) is 42.6 Å². The number of carboxylic acids is 1. The number of aliphatic carboxylic acids is 1. The molecule has 55 heavy (non-hydrogen) atoms. The number of tetrazole rings is 1. The molecule has 23 heteroatoms. The number of thioether (sulfide) groups is 1. The van der Waals surface area contributed by atoms with E-state index in [9.17, 15) is 34.5 Å². The number of oxime groups is 1. The van der Waals surface area contributed by atoms with Gasteiger partial charge in [0.05, 0.1) is 16.3 Å². The van der Waals surface area contributed by atoms with Crippen LogP contribution in [0, 0.1) is 0 Å². The van der Waals surface area contributed by atoms with Gasteiger partial charge in [-0.2, -0.15) is 9.78 Å². The van der Waals surface area contributed by atoms with E-state index >= 15 is 0 Å². The number of pyridine rings is 1. The minimum Gasteiger partial charge on any atom is -0.504 e. The molecule has 0 radical (unpaired) electrons. The number of hydrogen-bond donors (Lipinski definition) is 6. The third-order valence-electron chi connectivity index (χ3n) is 8.99. The second-order valence-electron chi connectivity index (χ2n) is 12.9. The highest BCUT2D eigenvalue weighted by atomic mass is 35.5. The van der Waals surface area contributed by atoms with Gasteiger partial charge >= 0.3 is 5.97 Å². The molecule has 1 fully saturated rings. The van der Waals surface area contributed by atoms with Gasteiger partial charge < -0.3 is 36.1 Å². The summed E-state index contributed by atoms with van der Waals surface area (Å²) in [4.78, 5) is 65.2. The molecule has 1 saturated heterocycles. The summed E-state index contributed by atoms with van der Waals surface area (Å²) in [5.41, 5.74) is 5.98. The lowest BCUT2D eigenvalue weighted by molar-refractivity contribution is -0.695. The highest BCUT2D eigenvalue weighted by molar-refractivity contribution is 8.00. The average molecular weight is 832 g/mol. The lowest BCUT2D eigenvalue weighted by atomic mass is 10.0. The largest absolute Gasteiger partial charge is 0.504 e. The first-order valence-corrected chi connectivity index (χ1v) is 19.0. The van der Waals surface area contributed by atoms with Crippen molar-refractivity contribution in [1.82, 2.24) is 35.8 Å². The van der Waals surface area contributed by atoms with Crippen LogP contribution in [0.3, 0.4) is 0 Å². The maximum absolute atomic E-state index is 13.9. The van der Waals surface area contributed by atoms with Crippen molar-refractivity contribution in [3.05, 3.63) is 68.2 Å². The molecular formula is C32H30Cl2N11O8S2+. The maximum atomic E-state index is 13.9. The van der Waals surface area contributed by atoms with Gasteiger partial charge in [-0.25, -0.2) is 9.78 Å². The molecule has 4 aromatic rings. The van der Waals surface area contributed by atoms with E-state index in [1.54, 1.807) is 11.0 Å². The highest BCUT2D eigenvalue weighted by Crippen LogP contribution is 2.44. The molecule has 7 rings (SSSR count). The van der Waals surface area contributed by atoms with Crippen molar-refractivity contribution in [2.75, 3.05) is 22.9 Å². The molecule has 2 atom stereocenters. The number of carboxylic acid groups (broad SMARTS) is 1. The molecule has 0 saturated carbocycles. The number of hydrogen-bond acceptors (Lipinski definition) is 15. The van der Waals surface area contributed by atoms with Crippen LogP contribution in [0.2, 0.25) is 9.36 Å². The number of phenolic OH excluding ortho intramolecular Hbond substituents is 2. The van der Waals surface area contributed by atoms with Crippen LogP contribution in [-0.4, -0.2) is 105 Å². The van der Waals surface area contributed by atoms with Gasteiger partial charge in [0.15, 0.2) is 35.1 Å². The molecule has 0 aliphatic carbocycles. The second kappa shape index (κ2) is 14.6. The normalized spacial score (nSPS) is 18.4. The number of nitrogens with one attached hydrogen (secondary N) is 2. The maximum Gasteiger partial charge on any atom is 0.350 e. The first-order chi connectivity index (χ1) is 26.2. The van der Waals surface area contributed by atoms with Crippen molar-refractivity contribution >= 4 is 92.2 Å². The molecule has 0 unspecified atom stereocenters. The fourth-order valence-corrected chi connectivity index (χ4v) is 8.69. The Hall–Kier alpha value is -5.51. The summed E-state index contributed by atoms with van der Waals surface area (Å²) in [5.74, 6) is -3.70. The van der Waals surface area contributed by atoms with Crippen molar-refractivity contribution < 1.29 is 43.9 Å². The van der Waals surface area contributed by atoms with Crippen LogP contribution < -0.4 is 20.5 Å². The number of carbonyl (C=O) groups is 4. The third kappa shape index (κ3) is 6.87. The van der Waals surface area contributed by atoms with Crippen LogP contribution in [0.4, 0.5) is 10.8 Å². The summed E-state index contributed by atoms with van der Waals surface area (Å²) in [6.07, 6.45) is 3.10. The highest BCUT2D eigenvalue weighted by Gasteiger charge is 2.54. The van der Waals surface area contributed by atoms with Gasteiger partial charge in [-0.1, -0.05) is 39.7 Å². The minimum atomic E-state index is -1.82. The van der Waals surface area contributed by atoms with E-state index in [1.807, 2.05) is 16.8 Å². The number of aromatic amines is 1. The quantitative estimate of drug-likeness (QED) is 0.0439. The number of nitrogen functional groups attached to an aromatic ring is 1. The zero-order valence-corrected chi connectivity index (χ0v) is 31.8. The zero-order valence-electron chi connectivity index (χ0n) is 28.7. The first kappa shape index (κ1) is 37.8. The molecular weight excluding hydrogens is 801 g/mol. The number of rotatable bonds is 10. The number of fused-ring (bicyclic) bond motifs is 2.